The van der Waals surface area contributed by atoms with Crippen molar-refractivity contribution in [1.82, 2.24) is 10.3 Å². The van der Waals surface area contributed by atoms with Gasteiger partial charge in [-0.05, 0) is 43.0 Å². The number of aromatic nitrogens is 1. The van der Waals surface area contributed by atoms with Crippen molar-refractivity contribution in [3.8, 4) is 0 Å². The van der Waals surface area contributed by atoms with Crippen LogP contribution in [0.25, 0.3) is 10.9 Å². The highest BCUT2D eigenvalue weighted by atomic mass is 35.5. The summed E-state index contributed by atoms with van der Waals surface area (Å²) in [4.78, 5) is 4.92. The Hall–Kier alpha value is -1.29. The van der Waals surface area contributed by atoms with Gasteiger partial charge in [-0.1, -0.05) is 29.8 Å². The SMILES string of the molecule is Clc1ccc(CNC2CCCc3c2[nH]c2ccccc32)s1. The number of hydrogen-bond acceptors (Lipinski definition) is 2. The first kappa shape index (κ1) is 13.4. The van der Waals surface area contributed by atoms with E-state index in [9.17, 15) is 0 Å². The molecule has 4 rings (SSSR count). The summed E-state index contributed by atoms with van der Waals surface area (Å²) in [6.45, 7) is 0.886. The number of thiophene rings is 1. The standard InChI is InChI=1S/C17H17ClN2S/c18-16-9-8-11(21-16)10-19-15-7-3-5-13-12-4-1-2-6-14(12)20-17(13)15/h1-2,4,6,8-9,15,19-20H,3,5,7,10H2. The lowest BCUT2D eigenvalue weighted by molar-refractivity contribution is 0.454. The van der Waals surface area contributed by atoms with Gasteiger partial charge in [-0.3, -0.25) is 0 Å². The molecule has 1 atom stereocenters. The Morgan fingerprint density at radius 1 is 1.24 bits per heavy atom. The fourth-order valence-electron chi connectivity index (χ4n) is 3.29. The van der Waals surface area contributed by atoms with Crippen molar-refractivity contribution in [2.75, 3.05) is 0 Å². The Balaban J connectivity index is 1.61. The number of rotatable bonds is 3. The van der Waals surface area contributed by atoms with Crippen LogP contribution in [0.3, 0.4) is 0 Å². The lowest BCUT2D eigenvalue weighted by Gasteiger charge is -2.23. The Bertz CT molecular complexity index is 774. The van der Waals surface area contributed by atoms with Crippen LogP contribution in [0.1, 0.15) is 35.0 Å². The van der Waals surface area contributed by atoms with Crippen LogP contribution in [0.4, 0.5) is 0 Å². The summed E-state index contributed by atoms with van der Waals surface area (Å²) in [5.41, 5.74) is 4.14. The van der Waals surface area contributed by atoms with Crippen molar-refractivity contribution in [2.45, 2.75) is 31.8 Å². The first-order valence-corrected chi connectivity index (χ1v) is 8.58. The van der Waals surface area contributed by atoms with Gasteiger partial charge in [0.25, 0.3) is 0 Å². The topological polar surface area (TPSA) is 27.8 Å². The van der Waals surface area contributed by atoms with Gasteiger partial charge in [-0.2, -0.15) is 0 Å². The largest absolute Gasteiger partial charge is 0.357 e. The van der Waals surface area contributed by atoms with Gasteiger partial charge in [0.2, 0.25) is 0 Å². The van der Waals surface area contributed by atoms with Crippen molar-refractivity contribution in [3.05, 3.63) is 56.9 Å². The lowest BCUT2D eigenvalue weighted by Crippen LogP contribution is -2.24. The Kier molecular flexibility index (Phi) is 3.49. The molecule has 1 aliphatic carbocycles. The summed E-state index contributed by atoms with van der Waals surface area (Å²) in [5.74, 6) is 0. The number of hydrogen-bond donors (Lipinski definition) is 2. The summed E-state index contributed by atoms with van der Waals surface area (Å²) < 4.78 is 0.863. The minimum atomic E-state index is 0.419. The predicted molar refractivity (Wildman–Crippen MR) is 90.1 cm³/mol. The highest BCUT2D eigenvalue weighted by Crippen LogP contribution is 2.35. The number of fused-ring (bicyclic) bond motifs is 3. The van der Waals surface area contributed by atoms with E-state index in [1.54, 1.807) is 11.3 Å². The summed E-state index contributed by atoms with van der Waals surface area (Å²) in [7, 11) is 0. The molecule has 0 spiro atoms. The maximum absolute atomic E-state index is 6.00. The second-order valence-corrected chi connectivity index (χ2v) is 7.39. The second-order valence-electron chi connectivity index (χ2n) is 5.59. The van der Waals surface area contributed by atoms with Gasteiger partial charge in [0.05, 0.1) is 4.34 Å². The molecule has 21 heavy (non-hydrogen) atoms. The van der Waals surface area contributed by atoms with Gasteiger partial charge < -0.3 is 10.3 Å². The van der Waals surface area contributed by atoms with Crippen molar-refractivity contribution in [3.63, 3.8) is 0 Å². The molecule has 0 fully saturated rings. The predicted octanol–water partition coefficient (Wildman–Crippen LogP) is 5.05. The second kappa shape index (κ2) is 5.48. The number of aromatic amines is 1. The third kappa shape index (κ3) is 2.50. The molecule has 2 nitrogen and oxygen atoms in total. The van der Waals surface area contributed by atoms with E-state index >= 15 is 0 Å². The number of aryl methyl sites for hydroxylation is 1. The van der Waals surface area contributed by atoms with Gasteiger partial charge in [0.15, 0.2) is 0 Å². The zero-order chi connectivity index (χ0) is 14.2. The van der Waals surface area contributed by atoms with Crippen molar-refractivity contribution in [1.29, 1.82) is 0 Å². The highest BCUT2D eigenvalue weighted by molar-refractivity contribution is 7.16. The van der Waals surface area contributed by atoms with Crippen molar-refractivity contribution >= 4 is 33.8 Å². The summed E-state index contributed by atoms with van der Waals surface area (Å²) in [5, 5.41) is 5.08. The molecule has 2 aromatic heterocycles. The van der Waals surface area contributed by atoms with E-state index in [0.717, 1.165) is 10.9 Å². The Morgan fingerprint density at radius 2 is 2.14 bits per heavy atom. The Labute approximate surface area is 133 Å². The average molecular weight is 317 g/mol. The van der Waals surface area contributed by atoms with Crippen LogP contribution in [0.5, 0.6) is 0 Å². The average Bonchev–Trinajstić information content (AvgIpc) is 3.09. The fourth-order valence-corrected chi connectivity index (χ4v) is 4.33. The molecule has 0 aliphatic heterocycles. The molecule has 108 valence electrons. The monoisotopic (exact) mass is 316 g/mol. The van der Waals surface area contributed by atoms with E-state index in [4.69, 9.17) is 11.6 Å². The molecule has 0 bridgehead atoms. The van der Waals surface area contributed by atoms with Crippen molar-refractivity contribution < 1.29 is 0 Å². The zero-order valence-corrected chi connectivity index (χ0v) is 13.2. The fraction of sp³-hybridized carbons (Fsp3) is 0.294. The van der Waals surface area contributed by atoms with Crippen LogP contribution in [-0.2, 0) is 13.0 Å². The van der Waals surface area contributed by atoms with Crippen LogP contribution in [0.2, 0.25) is 4.34 Å². The zero-order valence-electron chi connectivity index (χ0n) is 11.7. The van der Waals surface area contributed by atoms with Crippen LogP contribution in [0, 0.1) is 0 Å². The first-order chi connectivity index (χ1) is 10.3. The number of benzene rings is 1. The van der Waals surface area contributed by atoms with E-state index in [-0.39, 0.29) is 0 Å². The van der Waals surface area contributed by atoms with Gasteiger partial charge in [0, 0.05) is 34.1 Å². The van der Waals surface area contributed by atoms with E-state index in [0.29, 0.717) is 6.04 Å². The molecule has 1 aromatic carbocycles. The van der Waals surface area contributed by atoms with Crippen LogP contribution >= 0.6 is 22.9 Å². The maximum Gasteiger partial charge on any atom is 0.0931 e. The molecular weight excluding hydrogens is 300 g/mol. The Morgan fingerprint density at radius 3 is 3.00 bits per heavy atom. The maximum atomic E-state index is 6.00. The molecular formula is C17H17ClN2S. The minimum absolute atomic E-state index is 0.419. The normalized spacial score (nSPS) is 18.0. The molecule has 1 aliphatic rings. The first-order valence-electron chi connectivity index (χ1n) is 7.38. The third-order valence-electron chi connectivity index (χ3n) is 4.27. The minimum Gasteiger partial charge on any atom is -0.357 e. The number of nitrogens with one attached hydrogen (secondary N) is 2. The van der Waals surface area contributed by atoms with Gasteiger partial charge in [0.1, 0.15) is 0 Å². The molecule has 0 radical (unpaired) electrons. The van der Waals surface area contributed by atoms with Gasteiger partial charge in [-0.15, -0.1) is 11.3 Å². The molecule has 2 heterocycles. The molecule has 1 unspecified atom stereocenters. The summed E-state index contributed by atoms with van der Waals surface area (Å²) >= 11 is 7.66. The quantitative estimate of drug-likeness (QED) is 0.695. The number of H-pyrrole nitrogens is 1. The van der Waals surface area contributed by atoms with E-state index in [2.05, 4.69) is 40.6 Å². The van der Waals surface area contributed by atoms with Crippen LogP contribution in [0.15, 0.2) is 36.4 Å². The highest BCUT2D eigenvalue weighted by Gasteiger charge is 2.23. The smallest absolute Gasteiger partial charge is 0.0931 e. The van der Waals surface area contributed by atoms with Gasteiger partial charge in [-0.25, -0.2) is 0 Å². The van der Waals surface area contributed by atoms with E-state index in [1.807, 2.05) is 6.07 Å². The molecule has 0 saturated carbocycles. The molecule has 4 heteroatoms. The number of halogens is 1. The molecule has 0 saturated heterocycles. The summed E-state index contributed by atoms with van der Waals surface area (Å²) in [6.07, 6.45) is 3.62. The van der Waals surface area contributed by atoms with Crippen LogP contribution in [-0.4, -0.2) is 4.98 Å². The number of para-hydroxylation sites is 1. The molecule has 0 amide bonds. The lowest BCUT2D eigenvalue weighted by atomic mass is 9.91. The molecule has 2 N–H and O–H groups in total. The van der Waals surface area contributed by atoms with Gasteiger partial charge >= 0.3 is 0 Å². The van der Waals surface area contributed by atoms with Crippen molar-refractivity contribution in [2.24, 2.45) is 0 Å². The van der Waals surface area contributed by atoms with Crippen LogP contribution < -0.4 is 5.32 Å². The van der Waals surface area contributed by atoms with E-state index in [1.165, 1.54) is 46.3 Å². The van der Waals surface area contributed by atoms with E-state index < -0.39 is 0 Å². The third-order valence-corrected chi connectivity index (χ3v) is 5.50. The summed E-state index contributed by atoms with van der Waals surface area (Å²) in [6, 6.07) is 13.1. The molecule has 3 aromatic rings.